The number of carbonyl (C=O) groups excluding carboxylic acids is 1. The van der Waals surface area contributed by atoms with E-state index >= 15 is 0 Å². The first kappa shape index (κ1) is 47.1. The van der Waals surface area contributed by atoms with Gasteiger partial charge in [0.15, 0.2) is 0 Å². The lowest BCUT2D eigenvalue weighted by Crippen LogP contribution is -2.64. The van der Waals surface area contributed by atoms with Crippen molar-refractivity contribution in [2.75, 3.05) is 19.8 Å². The molecular weight excluding hydrogens is 679 g/mol. The summed E-state index contributed by atoms with van der Waals surface area (Å²) < 4.78 is 33.8. The van der Waals surface area contributed by atoms with Crippen molar-refractivity contribution in [1.82, 2.24) is 0 Å². The van der Waals surface area contributed by atoms with Crippen LogP contribution in [0.5, 0.6) is 0 Å². The standard InChI is InChI=1S/C38H65O12P/c1-3-5-7-9-11-13-15-16-17-19-21-23-25-27-32(39)49-31(29-47-28-26-24-22-20-18-14-12-10-8-6-4-2)30-48-51(45,46)50-38-36(43)34(41)33(40)35(42)37(38)44/h5,7-8,10-11,13,16-17,21,23,31,33-38,40-44H,3-4,6,9,12,14-15,18-20,22,24-30H2,1-2H3,(H,45,46)/b7-5-,10-8-,13-11-,17-16-,23-21-. The lowest BCUT2D eigenvalue weighted by Gasteiger charge is -2.41. The predicted octanol–water partition coefficient (Wildman–Crippen LogP) is 5.91. The van der Waals surface area contributed by atoms with Gasteiger partial charge in [-0.3, -0.25) is 13.8 Å². The molecule has 0 saturated heterocycles. The highest BCUT2D eigenvalue weighted by atomic mass is 31.2. The maximum absolute atomic E-state index is 12.7. The highest BCUT2D eigenvalue weighted by molar-refractivity contribution is 7.47. The molecule has 12 nitrogen and oxygen atoms in total. The number of hydrogen-bond donors (Lipinski definition) is 6. The van der Waals surface area contributed by atoms with Gasteiger partial charge in [-0.05, 0) is 57.8 Å². The predicted molar refractivity (Wildman–Crippen MR) is 198 cm³/mol. The van der Waals surface area contributed by atoms with Gasteiger partial charge in [-0.2, -0.15) is 0 Å². The van der Waals surface area contributed by atoms with Gasteiger partial charge in [-0.15, -0.1) is 0 Å². The molecule has 6 atom stereocenters. The summed E-state index contributed by atoms with van der Waals surface area (Å²) in [5, 5.41) is 49.9. The number of carbonyl (C=O) groups is 1. The van der Waals surface area contributed by atoms with Gasteiger partial charge in [0, 0.05) is 13.0 Å². The van der Waals surface area contributed by atoms with Gasteiger partial charge < -0.3 is 39.9 Å². The Hall–Kier alpha value is -1.96. The molecule has 0 aliphatic heterocycles. The molecule has 0 spiro atoms. The van der Waals surface area contributed by atoms with Crippen LogP contribution in [-0.2, 0) is 27.9 Å². The minimum atomic E-state index is -5.03. The second kappa shape index (κ2) is 29.5. The minimum Gasteiger partial charge on any atom is -0.457 e. The Morgan fingerprint density at radius 3 is 1.76 bits per heavy atom. The van der Waals surface area contributed by atoms with Crippen LogP contribution in [0.1, 0.15) is 110 Å². The molecule has 1 rings (SSSR count). The number of unbranched alkanes of at least 4 members (excludes halogenated alkanes) is 7. The first-order valence-corrected chi connectivity index (χ1v) is 20.1. The largest absolute Gasteiger partial charge is 0.472 e. The van der Waals surface area contributed by atoms with Gasteiger partial charge in [-0.25, -0.2) is 4.57 Å². The zero-order valence-corrected chi connectivity index (χ0v) is 31.5. The third-order valence-corrected chi connectivity index (χ3v) is 9.10. The van der Waals surface area contributed by atoms with Gasteiger partial charge in [0.25, 0.3) is 0 Å². The number of hydrogen-bond acceptors (Lipinski definition) is 11. The zero-order valence-electron chi connectivity index (χ0n) is 30.6. The molecule has 1 fully saturated rings. The minimum absolute atomic E-state index is 0.0605. The monoisotopic (exact) mass is 744 g/mol. The summed E-state index contributed by atoms with van der Waals surface area (Å²) in [5.41, 5.74) is 0. The van der Waals surface area contributed by atoms with Crippen LogP contribution >= 0.6 is 7.82 Å². The van der Waals surface area contributed by atoms with Crippen LogP contribution in [0, 0.1) is 0 Å². The summed E-state index contributed by atoms with van der Waals surface area (Å²) in [5.74, 6) is -0.564. The van der Waals surface area contributed by atoms with E-state index in [0.29, 0.717) is 13.0 Å². The first-order valence-electron chi connectivity index (χ1n) is 18.6. The highest BCUT2D eigenvalue weighted by Crippen LogP contribution is 2.47. The molecule has 0 radical (unpaired) electrons. The summed E-state index contributed by atoms with van der Waals surface area (Å²) >= 11 is 0. The van der Waals surface area contributed by atoms with Crippen molar-refractivity contribution >= 4 is 13.8 Å². The zero-order chi connectivity index (χ0) is 37.7. The lowest BCUT2D eigenvalue weighted by molar-refractivity contribution is -0.220. The maximum Gasteiger partial charge on any atom is 0.472 e. The van der Waals surface area contributed by atoms with E-state index in [1.54, 1.807) is 0 Å². The van der Waals surface area contributed by atoms with E-state index in [0.717, 1.165) is 64.2 Å². The average molecular weight is 745 g/mol. The van der Waals surface area contributed by atoms with E-state index in [-0.39, 0.29) is 13.0 Å². The van der Waals surface area contributed by atoms with Crippen molar-refractivity contribution in [1.29, 1.82) is 0 Å². The molecule has 13 heteroatoms. The number of ether oxygens (including phenoxy) is 2. The van der Waals surface area contributed by atoms with E-state index in [9.17, 15) is 39.8 Å². The van der Waals surface area contributed by atoms with Crippen molar-refractivity contribution in [2.24, 2.45) is 0 Å². The van der Waals surface area contributed by atoms with Crippen LogP contribution in [0.2, 0.25) is 0 Å². The summed E-state index contributed by atoms with van der Waals surface area (Å²) in [7, 11) is -5.03. The highest BCUT2D eigenvalue weighted by Gasteiger charge is 2.51. The van der Waals surface area contributed by atoms with Crippen LogP contribution in [0.25, 0.3) is 0 Å². The molecular formula is C38H65O12P. The van der Waals surface area contributed by atoms with E-state index in [2.05, 4.69) is 56.4 Å². The van der Waals surface area contributed by atoms with E-state index in [1.807, 2.05) is 18.2 Å². The fourth-order valence-electron chi connectivity index (χ4n) is 5.13. The van der Waals surface area contributed by atoms with Crippen LogP contribution in [0.4, 0.5) is 0 Å². The maximum atomic E-state index is 12.7. The van der Waals surface area contributed by atoms with E-state index in [1.165, 1.54) is 19.3 Å². The molecule has 1 aliphatic rings. The molecule has 0 bridgehead atoms. The van der Waals surface area contributed by atoms with Gasteiger partial charge in [0.1, 0.15) is 42.7 Å². The fourth-order valence-corrected chi connectivity index (χ4v) is 6.11. The van der Waals surface area contributed by atoms with Crippen molar-refractivity contribution in [3.05, 3.63) is 60.8 Å². The van der Waals surface area contributed by atoms with Crippen LogP contribution in [0.15, 0.2) is 60.8 Å². The van der Waals surface area contributed by atoms with Gasteiger partial charge in [0.2, 0.25) is 0 Å². The number of rotatable bonds is 29. The average Bonchev–Trinajstić information content (AvgIpc) is 3.11. The lowest BCUT2D eigenvalue weighted by atomic mass is 9.85. The molecule has 0 aromatic rings. The summed E-state index contributed by atoms with van der Waals surface area (Å²) in [4.78, 5) is 22.9. The number of phosphoric acid groups is 1. The normalized spacial score (nSPS) is 24.8. The van der Waals surface area contributed by atoms with Gasteiger partial charge >= 0.3 is 13.8 Å². The van der Waals surface area contributed by atoms with Crippen molar-refractivity contribution in [3.63, 3.8) is 0 Å². The second-order valence-corrected chi connectivity index (χ2v) is 14.1. The summed E-state index contributed by atoms with van der Waals surface area (Å²) in [6.07, 6.45) is 21.9. The summed E-state index contributed by atoms with van der Waals surface area (Å²) in [6.45, 7) is 3.94. The Morgan fingerprint density at radius 2 is 1.16 bits per heavy atom. The molecule has 1 aliphatic carbocycles. The first-order chi connectivity index (χ1) is 24.5. The van der Waals surface area contributed by atoms with Crippen LogP contribution in [0.3, 0.4) is 0 Å². The summed E-state index contributed by atoms with van der Waals surface area (Å²) in [6, 6.07) is 0. The Kier molecular flexibility index (Phi) is 27.2. The molecule has 0 aromatic heterocycles. The van der Waals surface area contributed by atoms with Crippen LogP contribution in [-0.4, -0.2) is 98.9 Å². The molecule has 6 unspecified atom stereocenters. The number of allylic oxidation sites excluding steroid dienone is 10. The number of phosphoric ester groups is 1. The third kappa shape index (κ3) is 22.7. The van der Waals surface area contributed by atoms with Gasteiger partial charge in [-0.1, -0.05) is 107 Å². The molecule has 294 valence electrons. The fraction of sp³-hybridized carbons (Fsp3) is 0.711. The quantitative estimate of drug-likeness (QED) is 0.0230. The smallest absolute Gasteiger partial charge is 0.457 e. The Morgan fingerprint density at radius 1 is 0.647 bits per heavy atom. The SMILES string of the molecule is CC/C=C\C/C=C\C/C=C\C/C=C\CCC(=O)OC(COCCCCCCCC/C=C\CCC)COP(=O)(O)OC1C(O)C(O)C(O)C(O)C1O. The molecule has 0 aromatic carbocycles. The Balaban J connectivity index is 2.56. The van der Waals surface area contributed by atoms with Crippen molar-refractivity contribution in [2.45, 2.75) is 153 Å². The van der Waals surface area contributed by atoms with E-state index < -0.39 is 63.1 Å². The molecule has 51 heavy (non-hydrogen) atoms. The number of aliphatic hydroxyl groups is 5. The molecule has 0 amide bonds. The third-order valence-electron chi connectivity index (χ3n) is 8.12. The van der Waals surface area contributed by atoms with Gasteiger partial charge in [0.05, 0.1) is 13.2 Å². The Bertz CT molecular complexity index is 1070. The topological polar surface area (TPSA) is 192 Å². The van der Waals surface area contributed by atoms with E-state index in [4.69, 9.17) is 18.5 Å². The molecule has 0 heterocycles. The number of aliphatic hydroxyl groups excluding tert-OH is 5. The van der Waals surface area contributed by atoms with Crippen molar-refractivity contribution in [3.8, 4) is 0 Å². The van der Waals surface area contributed by atoms with Crippen molar-refractivity contribution < 1.29 is 58.3 Å². The number of esters is 1. The molecule has 1 saturated carbocycles. The second-order valence-electron chi connectivity index (χ2n) is 12.7. The molecule has 6 N–H and O–H groups in total. The van der Waals surface area contributed by atoms with Crippen LogP contribution < -0.4 is 0 Å². The Labute approximate surface area is 305 Å².